The molecule has 3 nitrogen and oxygen atoms in total. The van der Waals surface area contributed by atoms with Crippen LogP contribution in [0.25, 0.3) is 0 Å². The van der Waals surface area contributed by atoms with Crippen molar-refractivity contribution in [2.24, 2.45) is 0 Å². The van der Waals surface area contributed by atoms with Crippen molar-refractivity contribution in [1.29, 1.82) is 0 Å². The van der Waals surface area contributed by atoms with E-state index in [1.165, 1.54) is 0 Å². The van der Waals surface area contributed by atoms with Crippen LogP contribution >= 0.6 is 0 Å². The van der Waals surface area contributed by atoms with Crippen molar-refractivity contribution in [2.75, 3.05) is 11.9 Å². The van der Waals surface area contributed by atoms with Crippen LogP contribution in [0.15, 0.2) is 24.3 Å². The van der Waals surface area contributed by atoms with Crippen molar-refractivity contribution in [3.8, 4) is 12.3 Å². The van der Waals surface area contributed by atoms with Crippen LogP contribution in [0, 0.1) is 19.3 Å². The third kappa shape index (κ3) is 3.76. The van der Waals surface area contributed by atoms with Gasteiger partial charge in [-0.05, 0) is 26.0 Å². The zero-order chi connectivity index (χ0) is 12.0. The number of carbonyl (C=O) groups is 1. The Balaban J connectivity index is 2.51. The Morgan fingerprint density at radius 3 is 2.62 bits per heavy atom. The summed E-state index contributed by atoms with van der Waals surface area (Å²) in [4.78, 5) is 11.7. The summed E-state index contributed by atoms with van der Waals surface area (Å²) in [6, 6.07) is 7.37. The molecule has 0 aliphatic rings. The molecule has 1 rings (SSSR count). The molecule has 1 atom stereocenters. The number of amides is 1. The van der Waals surface area contributed by atoms with E-state index in [-0.39, 0.29) is 11.9 Å². The standard InChI is InChI=1S/C13H16N2O/c1-4-9-14-11(3)13(16)15-12-7-5-10(2)6-8-12/h1,5-8,11,14H,9H2,2-3H3,(H,15,16). The minimum Gasteiger partial charge on any atom is -0.325 e. The van der Waals surface area contributed by atoms with Gasteiger partial charge in [0.05, 0.1) is 12.6 Å². The van der Waals surface area contributed by atoms with Crippen molar-refractivity contribution in [1.82, 2.24) is 5.32 Å². The van der Waals surface area contributed by atoms with Crippen LogP contribution in [0.2, 0.25) is 0 Å². The first-order valence-electron chi connectivity index (χ1n) is 5.18. The number of benzene rings is 1. The summed E-state index contributed by atoms with van der Waals surface area (Å²) in [5.74, 6) is 2.35. The molecular formula is C13H16N2O. The Hall–Kier alpha value is -1.79. The molecule has 0 aliphatic heterocycles. The number of nitrogens with one attached hydrogen (secondary N) is 2. The van der Waals surface area contributed by atoms with E-state index in [0.717, 1.165) is 11.3 Å². The molecule has 16 heavy (non-hydrogen) atoms. The Bertz CT molecular complexity index is 389. The van der Waals surface area contributed by atoms with Gasteiger partial charge < -0.3 is 5.32 Å². The van der Waals surface area contributed by atoms with Crippen LogP contribution < -0.4 is 10.6 Å². The van der Waals surface area contributed by atoms with Crippen LogP contribution in [0.4, 0.5) is 5.69 Å². The van der Waals surface area contributed by atoms with Gasteiger partial charge >= 0.3 is 0 Å². The van der Waals surface area contributed by atoms with E-state index < -0.39 is 0 Å². The van der Waals surface area contributed by atoms with Gasteiger partial charge in [0.1, 0.15) is 0 Å². The van der Waals surface area contributed by atoms with E-state index in [9.17, 15) is 4.79 Å². The first-order valence-corrected chi connectivity index (χ1v) is 5.18. The van der Waals surface area contributed by atoms with Crippen molar-refractivity contribution >= 4 is 11.6 Å². The molecule has 0 bridgehead atoms. The molecule has 0 saturated carbocycles. The van der Waals surface area contributed by atoms with Crippen molar-refractivity contribution < 1.29 is 4.79 Å². The fraction of sp³-hybridized carbons (Fsp3) is 0.308. The predicted molar refractivity (Wildman–Crippen MR) is 66.1 cm³/mol. The maximum Gasteiger partial charge on any atom is 0.241 e. The van der Waals surface area contributed by atoms with E-state index in [1.54, 1.807) is 6.92 Å². The molecule has 3 heteroatoms. The first-order chi connectivity index (χ1) is 7.63. The van der Waals surface area contributed by atoms with Crippen LogP contribution in [-0.4, -0.2) is 18.5 Å². The lowest BCUT2D eigenvalue weighted by Gasteiger charge is -2.12. The highest BCUT2D eigenvalue weighted by Gasteiger charge is 2.10. The van der Waals surface area contributed by atoms with E-state index in [4.69, 9.17) is 6.42 Å². The molecule has 1 amide bonds. The summed E-state index contributed by atoms with van der Waals surface area (Å²) in [5, 5.41) is 5.72. The number of rotatable bonds is 4. The molecule has 1 unspecified atom stereocenters. The lowest BCUT2D eigenvalue weighted by atomic mass is 10.2. The minimum atomic E-state index is -0.294. The average Bonchev–Trinajstić information content (AvgIpc) is 2.29. The van der Waals surface area contributed by atoms with E-state index >= 15 is 0 Å². The van der Waals surface area contributed by atoms with Gasteiger partial charge in [0, 0.05) is 5.69 Å². The fourth-order valence-corrected chi connectivity index (χ4v) is 1.19. The second kappa shape index (κ2) is 5.94. The number of anilines is 1. The highest BCUT2D eigenvalue weighted by Crippen LogP contribution is 2.08. The van der Waals surface area contributed by atoms with E-state index in [2.05, 4.69) is 16.6 Å². The zero-order valence-corrected chi connectivity index (χ0v) is 9.58. The molecule has 0 spiro atoms. The van der Waals surface area contributed by atoms with Gasteiger partial charge in [-0.3, -0.25) is 10.1 Å². The molecule has 0 saturated heterocycles. The van der Waals surface area contributed by atoms with Gasteiger partial charge in [0.15, 0.2) is 0 Å². The van der Waals surface area contributed by atoms with Crippen LogP contribution in [-0.2, 0) is 4.79 Å². The highest BCUT2D eigenvalue weighted by molar-refractivity contribution is 5.94. The Kier molecular flexibility index (Phi) is 4.56. The molecule has 2 N–H and O–H groups in total. The molecule has 0 radical (unpaired) electrons. The average molecular weight is 216 g/mol. The second-order valence-corrected chi connectivity index (χ2v) is 3.66. The van der Waals surface area contributed by atoms with Gasteiger partial charge in [-0.2, -0.15) is 0 Å². The van der Waals surface area contributed by atoms with Crippen molar-refractivity contribution in [2.45, 2.75) is 19.9 Å². The summed E-state index contributed by atoms with van der Waals surface area (Å²) in [6.45, 7) is 4.17. The van der Waals surface area contributed by atoms with Crippen LogP contribution in [0.5, 0.6) is 0 Å². The fourth-order valence-electron chi connectivity index (χ4n) is 1.19. The lowest BCUT2D eigenvalue weighted by Crippen LogP contribution is -2.38. The predicted octanol–water partition coefficient (Wildman–Crippen LogP) is 1.54. The minimum absolute atomic E-state index is 0.0842. The Morgan fingerprint density at radius 2 is 2.06 bits per heavy atom. The summed E-state index contributed by atoms with van der Waals surface area (Å²) in [7, 11) is 0. The first kappa shape index (κ1) is 12.3. The third-order valence-corrected chi connectivity index (χ3v) is 2.22. The monoisotopic (exact) mass is 216 g/mol. The lowest BCUT2D eigenvalue weighted by molar-refractivity contribution is -0.117. The van der Waals surface area contributed by atoms with Crippen molar-refractivity contribution in [3.63, 3.8) is 0 Å². The van der Waals surface area contributed by atoms with E-state index in [1.807, 2.05) is 31.2 Å². The quantitative estimate of drug-likeness (QED) is 0.750. The highest BCUT2D eigenvalue weighted by atomic mass is 16.2. The Labute approximate surface area is 96.2 Å². The van der Waals surface area contributed by atoms with Crippen molar-refractivity contribution in [3.05, 3.63) is 29.8 Å². The second-order valence-electron chi connectivity index (χ2n) is 3.66. The summed E-state index contributed by atoms with van der Waals surface area (Å²) in [6.07, 6.45) is 5.10. The zero-order valence-electron chi connectivity index (χ0n) is 9.58. The summed E-state index contributed by atoms with van der Waals surface area (Å²) < 4.78 is 0. The largest absolute Gasteiger partial charge is 0.325 e. The summed E-state index contributed by atoms with van der Waals surface area (Å²) >= 11 is 0. The van der Waals surface area contributed by atoms with Crippen LogP contribution in [0.3, 0.4) is 0 Å². The SMILES string of the molecule is C#CCNC(C)C(=O)Nc1ccc(C)cc1. The summed E-state index contributed by atoms with van der Waals surface area (Å²) in [5.41, 5.74) is 1.96. The molecule has 84 valence electrons. The van der Waals surface area contributed by atoms with Gasteiger partial charge in [-0.1, -0.05) is 23.6 Å². The van der Waals surface area contributed by atoms with Gasteiger partial charge in [-0.25, -0.2) is 0 Å². The maximum absolute atomic E-state index is 11.7. The molecule has 0 heterocycles. The normalized spacial score (nSPS) is 11.6. The maximum atomic E-state index is 11.7. The van der Waals surface area contributed by atoms with Crippen LogP contribution in [0.1, 0.15) is 12.5 Å². The molecule has 1 aromatic rings. The van der Waals surface area contributed by atoms with Gasteiger partial charge in [-0.15, -0.1) is 6.42 Å². The smallest absolute Gasteiger partial charge is 0.241 e. The number of carbonyl (C=O) groups excluding carboxylic acids is 1. The molecule has 1 aromatic carbocycles. The number of terminal acetylenes is 1. The molecule has 0 aromatic heterocycles. The van der Waals surface area contributed by atoms with Gasteiger partial charge in [0.2, 0.25) is 5.91 Å². The van der Waals surface area contributed by atoms with Gasteiger partial charge in [0.25, 0.3) is 0 Å². The number of aryl methyl sites for hydroxylation is 1. The Morgan fingerprint density at radius 1 is 1.44 bits per heavy atom. The topological polar surface area (TPSA) is 41.1 Å². The molecule has 0 fully saturated rings. The third-order valence-electron chi connectivity index (χ3n) is 2.22. The molecular weight excluding hydrogens is 200 g/mol. The number of hydrogen-bond acceptors (Lipinski definition) is 2. The number of hydrogen-bond donors (Lipinski definition) is 2. The molecule has 0 aliphatic carbocycles. The van der Waals surface area contributed by atoms with E-state index in [0.29, 0.717) is 6.54 Å².